The third-order valence-electron chi connectivity index (χ3n) is 3.36. The summed E-state index contributed by atoms with van der Waals surface area (Å²) in [6, 6.07) is 0.00769. The van der Waals surface area contributed by atoms with Crippen LogP contribution in [0.25, 0.3) is 0 Å². The van der Waals surface area contributed by atoms with Crippen molar-refractivity contribution in [1.29, 1.82) is 0 Å². The molecule has 0 radical (unpaired) electrons. The molecule has 0 spiro atoms. The van der Waals surface area contributed by atoms with Crippen LogP contribution >= 0.6 is 0 Å². The lowest BCUT2D eigenvalue weighted by molar-refractivity contribution is -0.151. The number of nitrogens with two attached hydrogens (primary N) is 1. The van der Waals surface area contributed by atoms with E-state index in [0.717, 1.165) is 19.4 Å². The molecule has 4 heteroatoms. The van der Waals surface area contributed by atoms with Gasteiger partial charge in [-0.3, -0.25) is 4.79 Å². The molecule has 0 aliphatic heterocycles. The first-order valence-corrected chi connectivity index (χ1v) is 5.48. The van der Waals surface area contributed by atoms with E-state index in [9.17, 15) is 4.79 Å². The van der Waals surface area contributed by atoms with E-state index < -0.39 is 0 Å². The van der Waals surface area contributed by atoms with Crippen LogP contribution in [0.3, 0.4) is 0 Å². The number of esters is 1. The largest absolute Gasteiger partial charge is 0.469 e. The van der Waals surface area contributed by atoms with Gasteiger partial charge < -0.3 is 15.2 Å². The van der Waals surface area contributed by atoms with Crippen molar-refractivity contribution in [1.82, 2.24) is 0 Å². The molecule has 1 fully saturated rings. The van der Waals surface area contributed by atoms with Crippen LogP contribution in [0, 0.1) is 5.41 Å². The minimum Gasteiger partial charge on any atom is -0.469 e. The van der Waals surface area contributed by atoms with Crippen molar-refractivity contribution >= 4 is 5.97 Å². The zero-order chi connectivity index (χ0) is 11.5. The summed E-state index contributed by atoms with van der Waals surface area (Å²) in [7, 11) is 1.41. The quantitative estimate of drug-likeness (QED) is 0.697. The van der Waals surface area contributed by atoms with E-state index in [1.54, 1.807) is 0 Å². The zero-order valence-corrected chi connectivity index (χ0v) is 9.79. The van der Waals surface area contributed by atoms with Gasteiger partial charge in [-0.1, -0.05) is 0 Å². The number of methoxy groups -OCH3 is 1. The second-order valence-electron chi connectivity index (χ2n) is 4.39. The Bertz CT molecular complexity index is 222. The number of rotatable bonds is 5. The van der Waals surface area contributed by atoms with E-state index in [4.69, 9.17) is 15.2 Å². The molecule has 0 bridgehead atoms. The molecule has 4 nitrogen and oxygen atoms in total. The molecule has 1 atom stereocenters. The number of carbonyl (C=O) groups excluding carboxylic acids is 1. The average Bonchev–Trinajstić information content (AvgIpc) is 2.13. The molecule has 0 amide bonds. The van der Waals surface area contributed by atoms with Crippen LogP contribution < -0.4 is 5.73 Å². The maximum absolute atomic E-state index is 11.3. The number of carbonyl (C=O) groups is 1. The minimum atomic E-state index is -0.178. The first-order chi connectivity index (χ1) is 7.04. The highest BCUT2D eigenvalue weighted by atomic mass is 16.5. The van der Waals surface area contributed by atoms with Crippen LogP contribution in [0.1, 0.15) is 33.1 Å². The van der Waals surface area contributed by atoms with Gasteiger partial charge in [-0.2, -0.15) is 0 Å². The van der Waals surface area contributed by atoms with Crippen molar-refractivity contribution in [2.24, 2.45) is 11.1 Å². The molecule has 0 aromatic rings. The third kappa shape index (κ3) is 2.69. The molecule has 0 heterocycles. The Morgan fingerprint density at radius 1 is 1.60 bits per heavy atom. The van der Waals surface area contributed by atoms with E-state index in [0.29, 0.717) is 6.42 Å². The Balaban J connectivity index is 2.50. The predicted molar refractivity (Wildman–Crippen MR) is 57.4 cm³/mol. The lowest BCUT2D eigenvalue weighted by Crippen LogP contribution is -2.53. The van der Waals surface area contributed by atoms with Crippen molar-refractivity contribution in [3.05, 3.63) is 0 Å². The summed E-state index contributed by atoms with van der Waals surface area (Å²) < 4.78 is 10.2. The first-order valence-electron chi connectivity index (χ1n) is 5.48. The van der Waals surface area contributed by atoms with Crippen molar-refractivity contribution in [3.63, 3.8) is 0 Å². The lowest BCUT2D eigenvalue weighted by atomic mass is 9.61. The molecule has 0 saturated heterocycles. The maximum atomic E-state index is 11.3. The Labute approximate surface area is 91.1 Å². The monoisotopic (exact) mass is 215 g/mol. The van der Waals surface area contributed by atoms with Crippen LogP contribution in [0.4, 0.5) is 0 Å². The SMILES string of the molecule is CCOC1CC(CC(=O)OC)(C(C)N)C1. The van der Waals surface area contributed by atoms with Crippen molar-refractivity contribution in [3.8, 4) is 0 Å². The van der Waals surface area contributed by atoms with E-state index in [-0.39, 0.29) is 23.5 Å². The van der Waals surface area contributed by atoms with Gasteiger partial charge in [0.05, 0.1) is 19.6 Å². The van der Waals surface area contributed by atoms with Crippen LogP contribution in [-0.2, 0) is 14.3 Å². The molecule has 1 unspecified atom stereocenters. The Morgan fingerprint density at radius 2 is 2.20 bits per heavy atom. The van der Waals surface area contributed by atoms with Gasteiger partial charge in [-0.05, 0) is 26.7 Å². The molecule has 2 N–H and O–H groups in total. The van der Waals surface area contributed by atoms with Gasteiger partial charge in [0, 0.05) is 18.1 Å². The highest BCUT2D eigenvalue weighted by molar-refractivity contribution is 5.70. The van der Waals surface area contributed by atoms with Gasteiger partial charge in [0.25, 0.3) is 0 Å². The third-order valence-corrected chi connectivity index (χ3v) is 3.36. The Kier molecular flexibility index (Phi) is 4.11. The summed E-state index contributed by atoms with van der Waals surface area (Å²) in [6.07, 6.45) is 2.41. The van der Waals surface area contributed by atoms with Crippen LogP contribution in [0.2, 0.25) is 0 Å². The molecule has 1 rings (SSSR count). The molecule has 1 aliphatic carbocycles. The normalized spacial score (nSPS) is 31.9. The van der Waals surface area contributed by atoms with E-state index in [1.165, 1.54) is 7.11 Å². The van der Waals surface area contributed by atoms with Crippen LogP contribution in [0.5, 0.6) is 0 Å². The van der Waals surface area contributed by atoms with Crippen molar-refractivity contribution < 1.29 is 14.3 Å². The average molecular weight is 215 g/mol. The number of hydrogen-bond acceptors (Lipinski definition) is 4. The molecule has 0 aromatic carbocycles. The smallest absolute Gasteiger partial charge is 0.306 e. The summed E-state index contributed by atoms with van der Waals surface area (Å²) in [5, 5.41) is 0. The summed E-state index contributed by atoms with van der Waals surface area (Å²) in [4.78, 5) is 11.3. The summed E-state index contributed by atoms with van der Waals surface area (Å²) in [5.41, 5.74) is 5.83. The van der Waals surface area contributed by atoms with Gasteiger partial charge >= 0.3 is 5.97 Å². The Hall–Kier alpha value is -0.610. The fourth-order valence-electron chi connectivity index (χ4n) is 2.24. The van der Waals surface area contributed by atoms with E-state index >= 15 is 0 Å². The van der Waals surface area contributed by atoms with E-state index in [2.05, 4.69) is 0 Å². The van der Waals surface area contributed by atoms with Crippen molar-refractivity contribution in [2.75, 3.05) is 13.7 Å². The number of ether oxygens (including phenoxy) is 2. The van der Waals surface area contributed by atoms with Gasteiger partial charge in [-0.15, -0.1) is 0 Å². The standard InChI is InChI=1S/C11H21NO3/c1-4-15-9-5-11(6-9,8(2)12)7-10(13)14-3/h8-9H,4-7,12H2,1-3H3. The highest BCUT2D eigenvalue weighted by Gasteiger charge is 2.48. The second-order valence-corrected chi connectivity index (χ2v) is 4.39. The van der Waals surface area contributed by atoms with Gasteiger partial charge in [0.15, 0.2) is 0 Å². The fourth-order valence-corrected chi connectivity index (χ4v) is 2.24. The predicted octanol–water partition coefficient (Wildman–Crippen LogP) is 1.08. The lowest BCUT2D eigenvalue weighted by Gasteiger charge is -2.49. The maximum Gasteiger partial charge on any atom is 0.306 e. The molecular weight excluding hydrogens is 194 g/mol. The summed E-state index contributed by atoms with van der Waals surface area (Å²) >= 11 is 0. The molecule has 88 valence electrons. The van der Waals surface area contributed by atoms with Gasteiger partial charge in [0.2, 0.25) is 0 Å². The van der Waals surface area contributed by atoms with Crippen LogP contribution in [-0.4, -0.2) is 31.8 Å². The van der Waals surface area contributed by atoms with Gasteiger partial charge in [-0.25, -0.2) is 0 Å². The van der Waals surface area contributed by atoms with Crippen LogP contribution in [0.15, 0.2) is 0 Å². The summed E-state index contributed by atoms with van der Waals surface area (Å²) in [6.45, 7) is 4.65. The van der Waals surface area contributed by atoms with Crippen molar-refractivity contribution in [2.45, 2.75) is 45.3 Å². The first kappa shape index (κ1) is 12.5. The Morgan fingerprint density at radius 3 is 2.60 bits per heavy atom. The zero-order valence-electron chi connectivity index (χ0n) is 9.79. The number of hydrogen-bond donors (Lipinski definition) is 1. The molecule has 1 aliphatic rings. The molecule has 0 aromatic heterocycles. The molecule has 1 saturated carbocycles. The fraction of sp³-hybridized carbons (Fsp3) is 0.909. The summed E-state index contributed by atoms with van der Waals surface area (Å²) in [5.74, 6) is -0.178. The molecule has 15 heavy (non-hydrogen) atoms. The topological polar surface area (TPSA) is 61.5 Å². The minimum absolute atomic E-state index is 0.00769. The second kappa shape index (κ2) is 4.94. The highest BCUT2D eigenvalue weighted by Crippen LogP contribution is 2.47. The molecular formula is C11H21NO3. The van der Waals surface area contributed by atoms with Gasteiger partial charge in [0.1, 0.15) is 0 Å². The van der Waals surface area contributed by atoms with E-state index in [1.807, 2.05) is 13.8 Å².